The van der Waals surface area contributed by atoms with Crippen LogP contribution in [0.2, 0.25) is 5.02 Å². The number of hydrogen-bond donors (Lipinski definition) is 3. The van der Waals surface area contributed by atoms with Gasteiger partial charge < -0.3 is 20.9 Å². The van der Waals surface area contributed by atoms with E-state index in [4.69, 9.17) is 27.2 Å². The maximum atomic E-state index is 11.3. The van der Waals surface area contributed by atoms with E-state index < -0.39 is 0 Å². The van der Waals surface area contributed by atoms with Gasteiger partial charge in [-0.1, -0.05) is 11.6 Å². The summed E-state index contributed by atoms with van der Waals surface area (Å²) in [6.45, 7) is -0.127. The zero-order chi connectivity index (χ0) is 12.0. The molecule has 0 spiro atoms. The smallest absolute Gasteiger partial charge is 0.250 e. The molecule has 0 saturated heterocycles. The van der Waals surface area contributed by atoms with Gasteiger partial charge in [0.25, 0.3) is 0 Å². The van der Waals surface area contributed by atoms with Crippen molar-refractivity contribution in [1.82, 2.24) is 0 Å². The van der Waals surface area contributed by atoms with E-state index in [-0.39, 0.29) is 25.7 Å². The van der Waals surface area contributed by atoms with Crippen molar-refractivity contribution >= 4 is 28.9 Å². The van der Waals surface area contributed by atoms with Gasteiger partial charge in [-0.05, 0) is 18.2 Å². The van der Waals surface area contributed by atoms with E-state index in [1.54, 1.807) is 18.2 Å². The molecular formula is C10H13ClN2O3. The molecule has 0 saturated carbocycles. The molecule has 0 heterocycles. The summed E-state index contributed by atoms with van der Waals surface area (Å²) in [7, 11) is 0. The van der Waals surface area contributed by atoms with E-state index in [1.807, 2.05) is 0 Å². The van der Waals surface area contributed by atoms with Crippen molar-refractivity contribution in [3.63, 3.8) is 0 Å². The summed E-state index contributed by atoms with van der Waals surface area (Å²) < 4.78 is 4.85. The summed E-state index contributed by atoms with van der Waals surface area (Å²) in [4.78, 5) is 11.3. The summed E-state index contributed by atoms with van der Waals surface area (Å²) in [5, 5.41) is 11.5. The van der Waals surface area contributed by atoms with Crippen LogP contribution in [0.25, 0.3) is 0 Å². The summed E-state index contributed by atoms with van der Waals surface area (Å²) >= 11 is 5.76. The second-order valence-electron chi connectivity index (χ2n) is 3.06. The van der Waals surface area contributed by atoms with E-state index in [2.05, 4.69) is 5.32 Å². The normalized spacial score (nSPS) is 10.1. The molecule has 0 aliphatic carbocycles. The molecule has 0 bridgehead atoms. The quantitative estimate of drug-likeness (QED) is 0.530. The Morgan fingerprint density at radius 1 is 1.56 bits per heavy atom. The molecule has 1 aromatic carbocycles. The van der Waals surface area contributed by atoms with Gasteiger partial charge in [0.05, 0.1) is 24.6 Å². The standard InChI is InChI=1S/C10H13ClN2O3/c11-7-1-2-8(12)9(5-7)13-10(15)6-16-4-3-14/h1-2,5,14H,3-4,6,12H2,(H,13,15). The van der Waals surface area contributed by atoms with Crippen molar-refractivity contribution in [1.29, 1.82) is 0 Å². The minimum Gasteiger partial charge on any atom is -0.397 e. The van der Waals surface area contributed by atoms with Gasteiger partial charge in [0.15, 0.2) is 0 Å². The first kappa shape index (κ1) is 12.8. The number of nitrogen functional groups attached to an aromatic ring is 1. The Bertz CT molecular complexity index is 371. The molecule has 0 aromatic heterocycles. The lowest BCUT2D eigenvalue weighted by Crippen LogP contribution is -2.20. The number of nitrogens with one attached hydrogen (secondary N) is 1. The minimum atomic E-state index is -0.345. The van der Waals surface area contributed by atoms with Gasteiger partial charge in [0.1, 0.15) is 6.61 Å². The van der Waals surface area contributed by atoms with Gasteiger partial charge in [-0.25, -0.2) is 0 Å². The third-order valence-electron chi connectivity index (χ3n) is 1.76. The molecule has 1 amide bonds. The number of ether oxygens (including phenoxy) is 1. The number of aliphatic hydroxyl groups excluding tert-OH is 1. The summed E-state index contributed by atoms with van der Waals surface area (Å²) in [6, 6.07) is 4.79. The van der Waals surface area contributed by atoms with Gasteiger partial charge in [-0.15, -0.1) is 0 Å². The second kappa shape index (κ2) is 6.32. The number of rotatable bonds is 5. The van der Waals surface area contributed by atoms with Crippen LogP contribution in [-0.4, -0.2) is 30.8 Å². The lowest BCUT2D eigenvalue weighted by molar-refractivity contribution is -0.120. The van der Waals surface area contributed by atoms with Gasteiger partial charge in [-0.2, -0.15) is 0 Å². The van der Waals surface area contributed by atoms with E-state index in [0.29, 0.717) is 16.4 Å². The number of aliphatic hydroxyl groups is 1. The second-order valence-corrected chi connectivity index (χ2v) is 3.49. The number of hydrogen-bond acceptors (Lipinski definition) is 4. The van der Waals surface area contributed by atoms with Crippen molar-refractivity contribution in [2.75, 3.05) is 30.9 Å². The molecule has 16 heavy (non-hydrogen) atoms. The highest BCUT2D eigenvalue weighted by atomic mass is 35.5. The van der Waals surface area contributed by atoms with Crippen molar-refractivity contribution < 1.29 is 14.6 Å². The Labute approximate surface area is 98.2 Å². The third-order valence-corrected chi connectivity index (χ3v) is 1.99. The maximum Gasteiger partial charge on any atom is 0.250 e. The minimum absolute atomic E-state index is 0.118. The van der Waals surface area contributed by atoms with Crippen LogP contribution >= 0.6 is 11.6 Å². The monoisotopic (exact) mass is 244 g/mol. The van der Waals surface area contributed by atoms with E-state index in [9.17, 15) is 4.79 Å². The molecule has 0 radical (unpaired) electrons. The topological polar surface area (TPSA) is 84.6 Å². The fraction of sp³-hybridized carbons (Fsp3) is 0.300. The molecule has 6 heteroatoms. The number of amides is 1. The van der Waals surface area contributed by atoms with Crippen molar-refractivity contribution in [3.8, 4) is 0 Å². The average molecular weight is 245 g/mol. The van der Waals surface area contributed by atoms with E-state index >= 15 is 0 Å². The number of carbonyl (C=O) groups excluding carboxylic acids is 1. The SMILES string of the molecule is Nc1ccc(Cl)cc1NC(=O)COCCO. The molecule has 0 aliphatic rings. The largest absolute Gasteiger partial charge is 0.397 e. The fourth-order valence-corrected chi connectivity index (χ4v) is 1.22. The van der Waals surface area contributed by atoms with Crippen molar-refractivity contribution in [3.05, 3.63) is 23.2 Å². The zero-order valence-electron chi connectivity index (χ0n) is 8.57. The Morgan fingerprint density at radius 3 is 3.00 bits per heavy atom. The van der Waals surface area contributed by atoms with Crippen LogP contribution in [0, 0.1) is 0 Å². The first-order chi connectivity index (χ1) is 7.63. The highest BCUT2D eigenvalue weighted by molar-refractivity contribution is 6.31. The number of benzene rings is 1. The number of anilines is 2. The van der Waals surface area contributed by atoms with Gasteiger partial charge >= 0.3 is 0 Å². The highest BCUT2D eigenvalue weighted by Crippen LogP contribution is 2.22. The fourth-order valence-electron chi connectivity index (χ4n) is 1.05. The summed E-state index contributed by atoms with van der Waals surface area (Å²) in [5.41, 5.74) is 6.52. The molecule has 0 fully saturated rings. The molecule has 88 valence electrons. The Balaban J connectivity index is 2.52. The Kier molecular flexibility index (Phi) is 5.04. The number of carbonyl (C=O) groups is 1. The zero-order valence-corrected chi connectivity index (χ0v) is 9.33. The lowest BCUT2D eigenvalue weighted by Gasteiger charge is -2.08. The molecule has 1 rings (SSSR count). The van der Waals surface area contributed by atoms with Crippen LogP contribution in [0.3, 0.4) is 0 Å². The summed E-state index contributed by atoms with van der Waals surface area (Å²) in [5.74, 6) is -0.345. The van der Waals surface area contributed by atoms with Crippen LogP contribution in [0.5, 0.6) is 0 Å². The van der Waals surface area contributed by atoms with Crippen LogP contribution in [-0.2, 0) is 9.53 Å². The molecule has 0 unspecified atom stereocenters. The first-order valence-electron chi connectivity index (χ1n) is 4.67. The molecule has 4 N–H and O–H groups in total. The van der Waals surface area contributed by atoms with Crippen molar-refractivity contribution in [2.24, 2.45) is 0 Å². The van der Waals surface area contributed by atoms with E-state index in [0.717, 1.165) is 0 Å². The molecule has 5 nitrogen and oxygen atoms in total. The first-order valence-corrected chi connectivity index (χ1v) is 5.04. The highest BCUT2D eigenvalue weighted by Gasteiger charge is 2.05. The molecule has 1 aromatic rings. The third kappa shape index (κ3) is 4.06. The summed E-state index contributed by atoms with van der Waals surface area (Å²) in [6.07, 6.45) is 0. The van der Waals surface area contributed by atoms with Crippen LogP contribution in [0.15, 0.2) is 18.2 Å². The van der Waals surface area contributed by atoms with Crippen molar-refractivity contribution in [2.45, 2.75) is 0 Å². The van der Waals surface area contributed by atoms with Gasteiger partial charge in [-0.3, -0.25) is 4.79 Å². The van der Waals surface area contributed by atoms with Crippen LogP contribution < -0.4 is 11.1 Å². The van der Waals surface area contributed by atoms with Gasteiger partial charge in [0.2, 0.25) is 5.91 Å². The Hall–Kier alpha value is -1.30. The average Bonchev–Trinajstić information content (AvgIpc) is 2.24. The number of nitrogens with two attached hydrogens (primary N) is 1. The van der Waals surface area contributed by atoms with Crippen LogP contribution in [0.1, 0.15) is 0 Å². The van der Waals surface area contributed by atoms with Gasteiger partial charge in [0, 0.05) is 5.02 Å². The maximum absolute atomic E-state index is 11.3. The van der Waals surface area contributed by atoms with E-state index in [1.165, 1.54) is 0 Å². The number of halogens is 1. The Morgan fingerprint density at radius 2 is 2.31 bits per heavy atom. The predicted molar refractivity (Wildman–Crippen MR) is 62.4 cm³/mol. The predicted octanol–water partition coefficient (Wildman–Crippen LogP) is 0.870. The molecular weight excluding hydrogens is 232 g/mol. The molecule has 0 atom stereocenters. The molecule has 0 aliphatic heterocycles. The lowest BCUT2D eigenvalue weighted by atomic mass is 10.2. The van der Waals surface area contributed by atoms with Crippen LogP contribution in [0.4, 0.5) is 11.4 Å².